The number of alkyl halides is 1. The standard InChI is InChI=1S/C8H17FN2.C2H6.H2/c1-8(2)5-11(3)4-6(9)7(8)10;1-2;/h6-7H,4-5,10H2,1-3H3;1-2H3;1H/t6-,7+;;/m1../s1. The van der Waals surface area contributed by atoms with Gasteiger partial charge in [-0.1, -0.05) is 27.7 Å². The third-order valence-electron chi connectivity index (χ3n) is 2.46. The van der Waals surface area contributed by atoms with Crippen LogP contribution in [0.1, 0.15) is 29.1 Å². The van der Waals surface area contributed by atoms with Crippen molar-refractivity contribution in [1.82, 2.24) is 4.90 Å². The second-order valence-corrected chi connectivity index (χ2v) is 4.23. The molecule has 2 N–H and O–H groups in total. The van der Waals surface area contributed by atoms with Gasteiger partial charge in [0.1, 0.15) is 6.17 Å². The lowest BCUT2D eigenvalue weighted by Crippen LogP contribution is -2.58. The fourth-order valence-electron chi connectivity index (χ4n) is 1.77. The molecule has 13 heavy (non-hydrogen) atoms. The Hall–Kier alpha value is -0.150. The first-order chi connectivity index (χ1) is 5.93. The van der Waals surface area contributed by atoms with Crippen LogP contribution in [0.2, 0.25) is 0 Å². The van der Waals surface area contributed by atoms with Gasteiger partial charge in [0.05, 0.1) is 0 Å². The van der Waals surface area contributed by atoms with Crippen molar-refractivity contribution in [2.45, 2.75) is 39.9 Å². The van der Waals surface area contributed by atoms with Crippen molar-refractivity contribution >= 4 is 0 Å². The number of hydrogen-bond acceptors (Lipinski definition) is 2. The summed E-state index contributed by atoms with van der Waals surface area (Å²) in [5.74, 6) is 0. The number of hydrogen-bond donors (Lipinski definition) is 1. The summed E-state index contributed by atoms with van der Waals surface area (Å²) in [4.78, 5) is 1.99. The summed E-state index contributed by atoms with van der Waals surface area (Å²) in [6.45, 7) is 9.39. The summed E-state index contributed by atoms with van der Waals surface area (Å²) in [7, 11) is 1.93. The van der Waals surface area contributed by atoms with Crippen LogP contribution in [0.5, 0.6) is 0 Å². The third-order valence-corrected chi connectivity index (χ3v) is 2.46. The quantitative estimate of drug-likeness (QED) is 0.635. The third kappa shape index (κ3) is 3.24. The molecule has 0 unspecified atom stereocenters. The van der Waals surface area contributed by atoms with Gasteiger partial charge < -0.3 is 10.6 Å². The molecule has 82 valence electrons. The van der Waals surface area contributed by atoms with Crippen LogP contribution in [0.4, 0.5) is 4.39 Å². The van der Waals surface area contributed by atoms with Gasteiger partial charge >= 0.3 is 0 Å². The van der Waals surface area contributed by atoms with Gasteiger partial charge in [-0.2, -0.15) is 0 Å². The molecule has 0 aliphatic carbocycles. The zero-order valence-corrected chi connectivity index (χ0v) is 9.47. The van der Waals surface area contributed by atoms with E-state index in [1.807, 2.05) is 39.6 Å². The fraction of sp³-hybridized carbons (Fsp3) is 1.00. The summed E-state index contributed by atoms with van der Waals surface area (Å²) >= 11 is 0. The SMILES string of the molecule is CC.CN1C[C@@H](F)[C@H](N)C(C)(C)C1.[HH]. The monoisotopic (exact) mass is 192 g/mol. The van der Waals surface area contributed by atoms with E-state index in [2.05, 4.69) is 0 Å². The molecule has 0 aromatic carbocycles. The second-order valence-electron chi connectivity index (χ2n) is 4.23. The highest BCUT2D eigenvalue weighted by molar-refractivity contribution is 4.94. The van der Waals surface area contributed by atoms with Gasteiger partial charge in [0.25, 0.3) is 0 Å². The summed E-state index contributed by atoms with van der Waals surface area (Å²) in [6, 6.07) is -0.307. The Morgan fingerprint density at radius 2 is 1.92 bits per heavy atom. The smallest absolute Gasteiger partial charge is 0.128 e. The van der Waals surface area contributed by atoms with E-state index >= 15 is 0 Å². The van der Waals surface area contributed by atoms with Crippen molar-refractivity contribution in [2.24, 2.45) is 11.1 Å². The van der Waals surface area contributed by atoms with Crippen molar-refractivity contribution in [3.63, 3.8) is 0 Å². The molecule has 0 spiro atoms. The molecule has 1 saturated heterocycles. The Labute approximate surface area is 82.8 Å². The summed E-state index contributed by atoms with van der Waals surface area (Å²) in [5.41, 5.74) is 5.63. The molecule has 0 amide bonds. The van der Waals surface area contributed by atoms with E-state index in [0.717, 1.165) is 6.54 Å². The molecule has 0 aromatic heterocycles. The van der Waals surface area contributed by atoms with E-state index < -0.39 is 6.17 Å². The summed E-state index contributed by atoms with van der Waals surface area (Å²) in [5, 5.41) is 0. The molecule has 1 aliphatic rings. The molecular weight excluding hydrogens is 167 g/mol. The van der Waals surface area contributed by atoms with Crippen molar-refractivity contribution < 1.29 is 5.82 Å². The molecule has 2 nitrogen and oxygen atoms in total. The van der Waals surface area contributed by atoms with E-state index in [0.29, 0.717) is 6.54 Å². The van der Waals surface area contributed by atoms with E-state index in [1.54, 1.807) is 0 Å². The maximum Gasteiger partial charge on any atom is 0.128 e. The lowest BCUT2D eigenvalue weighted by atomic mass is 9.79. The van der Waals surface area contributed by atoms with E-state index in [-0.39, 0.29) is 12.9 Å². The predicted octanol–water partition coefficient (Wildman–Crippen LogP) is 1.90. The molecule has 0 saturated carbocycles. The van der Waals surface area contributed by atoms with Crippen LogP contribution in [0.3, 0.4) is 0 Å². The molecule has 3 heteroatoms. The molecule has 0 aromatic rings. The average molecular weight is 192 g/mol. The van der Waals surface area contributed by atoms with Crippen LogP contribution in [0, 0.1) is 5.41 Å². The van der Waals surface area contributed by atoms with Gasteiger partial charge in [-0.15, -0.1) is 0 Å². The highest BCUT2D eigenvalue weighted by Crippen LogP contribution is 2.28. The van der Waals surface area contributed by atoms with Crippen molar-refractivity contribution in [3.8, 4) is 0 Å². The highest BCUT2D eigenvalue weighted by Gasteiger charge is 2.38. The van der Waals surface area contributed by atoms with E-state index in [4.69, 9.17) is 5.73 Å². The largest absolute Gasteiger partial charge is 0.325 e. The first kappa shape index (κ1) is 12.8. The minimum atomic E-state index is -0.872. The lowest BCUT2D eigenvalue weighted by molar-refractivity contribution is 0.0442. The van der Waals surface area contributed by atoms with Crippen LogP contribution >= 0.6 is 0 Å². The molecular formula is C10H25FN2. The van der Waals surface area contributed by atoms with Crippen LogP contribution in [0.25, 0.3) is 0 Å². The summed E-state index contributed by atoms with van der Waals surface area (Å²) < 4.78 is 13.2. The zero-order chi connectivity index (χ0) is 10.6. The van der Waals surface area contributed by atoms with Crippen LogP contribution in [-0.2, 0) is 0 Å². The zero-order valence-electron chi connectivity index (χ0n) is 9.47. The maximum atomic E-state index is 13.2. The van der Waals surface area contributed by atoms with Crippen molar-refractivity contribution in [1.29, 1.82) is 0 Å². The van der Waals surface area contributed by atoms with Crippen LogP contribution in [-0.4, -0.2) is 37.3 Å². The van der Waals surface area contributed by atoms with Gasteiger partial charge in [0, 0.05) is 20.6 Å². The topological polar surface area (TPSA) is 29.3 Å². The molecule has 1 aliphatic heterocycles. The Morgan fingerprint density at radius 3 is 2.31 bits per heavy atom. The van der Waals surface area contributed by atoms with Gasteiger partial charge in [-0.25, -0.2) is 4.39 Å². The van der Waals surface area contributed by atoms with E-state index in [9.17, 15) is 4.39 Å². The first-order valence-corrected chi connectivity index (χ1v) is 5.02. The molecule has 1 heterocycles. The number of piperidine rings is 1. The number of halogens is 1. The minimum Gasteiger partial charge on any atom is -0.325 e. The van der Waals surface area contributed by atoms with Crippen LogP contribution in [0.15, 0.2) is 0 Å². The molecule has 0 bridgehead atoms. The Bertz CT molecular complexity index is 153. The number of rotatable bonds is 0. The number of nitrogens with two attached hydrogens (primary N) is 1. The number of nitrogens with zero attached hydrogens (tertiary/aromatic N) is 1. The minimum absolute atomic E-state index is 0. The van der Waals surface area contributed by atoms with Gasteiger partial charge in [0.2, 0.25) is 0 Å². The van der Waals surface area contributed by atoms with Crippen molar-refractivity contribution in [3.05, 3.63) is 0 Å². The molecule has 1 fully saturated rings. The van der Waals surface area contributed by atoms with Crippen LogP contribution < -0.4 is 5.73 Å². The first-order valence-electron chi connectivity index (χ1n) is 5.02. The Morgan fingerprint density at radius 1 is 1.46 bits per heavy atom. The molecule has 0 radical (unpaired) electrons. The summed E-state index contributed by atoms with van der Waals surface area (Å²) in [6.07, 6.45) is -0.872. The van der Waals surface area contributed by atoms with Gasteiger partial charge in [0.15, 0.2) is 0 Å². The Kier molecular flexibility index (Phi) is 4.86. The maximum absolute atomic E-state index is 13.2. The lowest BCUT2D eigenvalue weighted by Gasteiger charge is -2.42. The Balaban J connectivity index is 0. The van der Waals surface area contributed by atoms with Crippen molar-refractivity contribution in [2.75, 3.05) is 20.1 Å². The highest BCUT2D eigenvalue weighted by atomic mass is 19.1. The second kappa shape index (κ2) is 4.91. The van der Waals surface area contributed by atoms with Gasteiger partial charge in [-0.3, -0.25) is 0 Å². The van der Waals surface area contributed by atoms with Gasteiger partial charge in [-0.05, 0) is 12.5 Å². The molecule has 2 atom stereocenters. The molecule has 1 rings (SSSR count). The average Bonchev–Trinajstić information content (AvgIpc) is 2.03. The van der Waals surface area contributed by atoms with E-state index in [1.165, 1.54) is 0 Å². The predicted molar refractivity (Wildman–Crippen MR) is 57.6 cm³/mol. The normalized spacial score (nSPS) is 33.5. The number of likely N-dealkylation sites (tertiary alicyclic amines) is 1. The fourth-order valence-corrected chi connectivity index (χ4v) is 1.77.